The zero-order valence-corrected chi connectivity index (χ0v) is 9.72. The summed E-state index contributed by atoms with van der Waals surface area (Å²) in [5.74, 6) is 0. The van der Waals surface area contributed by atoms with Crippen molar-refractivity contribution in [2.75, 3.05) is 6.61 Å². The molecule has 18 heavy (non-hydrogen) atoms. The summed E-state index contributed by atoms with van der Waals surface area (Å²) in [6.45, 7) is 4.66. The minimum Gasteiger partial charge on any atom is -0.351 e. The molecule has 1 saturated heterocycles. The number of epoxide rings is 1. The van der Waals surface area contributed by atoms with Crippen molar-refractivity contribution in [1.82, 2.24) is 4.57 Å². The smallest absolute Gasteiger partial charge is 0.261 e. The first-order chi connectivity index (χ1) is 8.77. The van der Waals surface area contributed by atoms with Gasteiger partial charge in [0.15, 0.2) is 6.23 Å². The highest BCUT2D eigenvalue weighted by molar-refractivity contribution is 6.09. The Morgan fingerprint density at radius 2 is 1.83 bits per heavy atom. The number of aromatic nitrogens is 1. The Labute approximate surface area is 103 Å². The molecule has 1 aliphatic rings. The molecule has 2 heterocycles. The lowest BCUT2D eigenvalue weighted by molar-refractivity contribution is 0.347. The standard InChI is InChI=1S/C15H11NO2/c1-9-11-6-2-4-10-5-3-7-12(14(10)11)15(17)16(9)13-8-18-13/h2-7,13H,1,8H2. The Bertz CT molecular complexity index is 812. The van der Waals surface area contributed by atoms with Gasteiger partial charge in [-0.05, 0) is 11.5 Å². The van der Waals surface area contributed by atoms with Crippen LogP contribution in [0, 0.1) is 0 Å². The van der Waals surface area contributed by atoms with Crippen LogP contribution in [-0.4, -0.2) is 11.2 Å². The fraction of sp³-hybridized carbons (Fsp3) is 0.133. The lowest BCUT2D eigenvalue weighted by Gasteiger charge is -2.10. The molecule has 1 unspecified atom stereocenters. The van der Waals surface area contributed by atoms with Crippen LogP contribution in [-0.2, 0) is 4.74 Å². The first kappa shape index (κ1) is 9.85. The Kier molecular flexibility index (Phi) is 1.76. The number of rotatable bonds is 1. The first-order valence-corrected chi connectivity index (χ1v) is 5.93. The zero-order chi connectivity index (χ0) is 12.3. The average molecular weight is 237 g/mol. The van der Waals surface area contributed by atoms with Crippen LogP contribution in [0.25, 0.3) is 28.1 Å². The van der Waals surface area contributed by atoms with Crippen molar-refractivity contribution in [3.05, 3.63) is 52.1 Å². The van der Waals surface area contributed by atoms with Gasteiger partial charge in [-0.1, -0.05) is 36.9 Å². The van der Waals surface area contributed by atoms with Gasteiger partial charge in [0.05, 0.1) is 6.61 Å². The fourth-order valence-corrected chi connectivity index (χ4v) is 2.64. The SMILES string of the molecule is C=c1c2cccc3cccc(c(=O)n1C1CO1)c32. The van der Waals surface area contributed by atoms with Gasteiger partial charge in [-0.15, -0.1) is 0 Å². The van der Waals surface area contributed by atoms with Crippen LogP contribution in [0.4, 0.5) is 0 Å². The van der Waals surface area contributed by atoms with E-state index in [0.717, 1.165) is 26.9 Å². The van der Waals surface area contributed by atoms with Gasteiger partial charge in [-0.3, -0.25) is 9.36 Å². The molecule has 2 aromatic carbocycles. The molecule has 0 N–H and O–H groups in total. The van der Waals surface area contributed by atoms with E-state index in [4.69, 9.17) is 4.74 Å². The summed E-state index contributed by atoms with van der Waals surface area (Å²) in [6.07, 6.45) is -0.131. The van der Waals surface area contributed by atoms with Crippen molar-refractivity contribution in [3.63, 3.8) is 0 Å². The largest absolute Gasteiger partial charge is 0.351 e. The number of benzene rings is 2. The second-order valence-electron chi connectivity index (χ2n) is 4.62. The van der Waals surface area contributed by atoms with Crippen LogP contribution < -0.4 is 10.9 Å². The second kappa shape index (κ2) is 3.21. The molecule has 0 saturated carbocycles. The fourth-order valence-electron chi connectivity index (χ4n) is 2.64. The van der Waals surface area contributed by atoms with Crippen molar-refractivity contribution < 1.29 is 4.74 Å². The first-order valence-electron chi connectivity index (χ1n) is 5.93. The van der Waals surface area contributed by atoms with Gasteiger partial charge in [-0.25, -0.2) is 0 Å². The lowest BCUT2D eigenvalue weighted by atomic mass is 10.0. The van der Waals surface area contributed by atoms with Crippen molar-refractivity contribution in [2.45, 2.75) is 6.23 Å². The summed E-state index contributed by atoms with van der Waals surface area (Å²) in [4.78, 5) is 12.5. The number of hydrogen-bond acceptors (Lipinski definition) is 2. The number of ether oxygens (including phenoxy) is 1. The van der Waals surface area contributed by atoms with Gasteiger partial charge in [0.1, 0.15) is 0 Å². The molecule has 0 spiro atoms. The molecule has 0 aliphatic carbocycles. The molecular formula is C15H11NO2. The van der Waals surface area contributed by atoms with E-state index in [1.807, 2.05) is 36.4 Å². The summed E-state index contributed by atoms with van der Waals surface area (Å²) in [5.41, 5.74) is -0.00759. The molecule has 1 aromatic heterocycles. The van der Waals surface area contributed by atoms with Gasteiger partial charge in [0.25, 0.3) is 5.56 Å². The molecule has 1 atom stereocenters. The molecule has 0 amide bonds. The molecule has 3 aromatic rings. The van der Waals surface area contributed by atoms with E-state index in [9.17, 15) is 4.79 Å². The third-order valence-electron chi connectivity index (χ3n) is 3.56. The number of hydrogen-bond donors (Lipinski definition) is 0. The van der Waals surface area contributed by atoms with E-state index >= 15 is 0 Å². The van der Waals surface area contributed by atoms with E-state index in [1.165, 1.54) is 0 Å². The predicted octanol–water partition coefficient (Wildman–Crippen LogP) is 1.81. The quantitative estimate of drug-likeness (QED) is 0.605. The molecule has 0 bridgehead atoms. The molecule has 1 aliphatic heterocycles. The molecule has 0 radical (unpaired) electrons. The Morgan fingerprint density at radius 3 is 2.50 bits per heavy atom. The van der Waals surface area contributed by atoms with Gasteiger partial charge in [0, 0.05) is 21.5 Å². The third-order valence-corrected chi connectivity index (χ3v) is 3.56. The number of pyridine rings is 1. The number of nitrogens with zero attached hydrogens (tertiary/aromatic N) is 1. The predicted molar refractivity (Wildman–Crippen MR) is 71.4 cm³/mol. The Balaban J connectivity index is 2.36. The lowest BCUT2D eigenvalue weighted by Crippen LogP contribution is -2.32. The summed E-state index contributed by atoms with van der Waals surface area (Å²) < 4.78 is 6.91. The van der Waals surface area contributed by atoms with E-state index in [2.05, 4.69) is 6.58 Å². The monoisotopic (exact) mass is 237 g/mol. The minimum absolute atomic E-state index is 0.00759. The Hall–Kier alpha value is -2.13. The summed E-state index contributed by atoms with van der Waals surface area (Å²) >= 11 is 0. The van der Waals surface area contributed by atoms with E-state index < -0.39 is 0 Å². The van der Waals surface area contributed by atoms with Crippen molar-refractivity contribution in [2.24, 2.45) is 0 Å². The average Bonchev–Trinajstić information content (AvgIpc) is 3.20. The molecule has 3 heteroatoms. The van der Waals surface area contributed by atoms with E-state index in [-0.39, 0.29) is 11.8 Å². The third kappa shape index (κ3) is 1.14. The van der Waals surface area contributed by atoms with Crippen LogP contribution >= 0.6 is 0 Å². The second-order valence-corrected chi connectivity index (χ2v) is 4.62. The van der Waals surface area contributed by atoms with Gasteiger partial charge >= 0.3 is 0 Å². The van der Waals surface area contributed by atoms with Crippen LogP contribution in [0.3, 0.4) is 0 Å². The van der Waals surface area contributed by atoms with Crippen LogP contribution in [0.1, 0.15) is 6.23 Å². The van der Waals surface area contributed by atoms with Gasteiger partial charge < -0.3 is 4.74 Å². The highest BCUT2D eigenvalue weighted by atomic mass is 16.6. The van der Waals surface area contributed by atoms with Crippen molar-refractivity contribution in [1.29, 1.82) is 0 Å². The van der Waals surface area contributed by atoms with Crippen LogP contribution in [0.5, 0.6) is 0 Å². The normalized spacial score (nSPS) is 18.6. The highest BCUT2D eigenvalue weighted by Gasteiger charge is 2.27. The van der Waals surface area contributed by atoms with Crippen LogP contribution in [0.2, 0.25) is 0 Å². The molecule has 1 fully saturated rings. The van der Waals surface area contributed by atoms with E-state index in [0.29, 0.717) is 6.61 Å². The summed E-state index contributed by atoms with van der Waals surface area (Å²) in [6, 6.07) is 11.8. The maximum atomic E-state index is 12.5. The van der Waals surface area contributed by atoms with Crippen LogP contribution in [0.15, 0.2) is 41.2 Å². The van der Waals surface area contributed by atoms with Gasteiger partial charge in [0.2, 0.25) is 0 Å². The zero-order valence-electron chi connectivity index (χ0n) is 9.72. The topological polar surface area (TPSA) is 34.5 Å². The molecule has 88 valence electrons. The van der Waals surface area contributed by atoms with Gasteiger partial charge in [-0.2, -0.15) is 0 Å². The summed E-state index contributed by atoms with van der Waals surface area (Å²) in [7, 11) is 0. The summed E-state index contributed by atoms with van der Waals surface area (Å²) in [5, 5.41) is 4.60. The maximum Gasteiger partial charge on any atom is 0.261 e. The molecule has 4 rings (SSSR count). The molecule has 3 nitrogen and oxygen atoms in total. The highest BCUT2D eigenvalue weighted by Crippen LogP contribution is 2.25. The van der Waals surface area contributed by atoms with Crippen molar-refractivity contribution in [3.8, 4) is 0 Å². The molecular weight excluding hydrogens is 226 g/mol. The maximum absolute atomic E-state index is 12.5. The van der Waals surface area contributed by atoms with E-state index in [1.54, 1.807) is 4.57 Å². The van der Waals surface area contributed by atoms with Crippen molar-refractivity contribution >= 4 is 28.1 Å². The minimum atomic E-state index is -0.131. The Morgan fingerprint density at radius 1 is 1.17 bits per heavy atom.